The minimum absolute atomic E-state index is 0.135. The number of hydrogen-bond donors (Lipinski definition) is 0. The lowest BCUT2D eigenvalue weighted by Crippen LogP contribution is -2.51. The number of carbonyl (C=O) groups excluding carboxylic acids is 1. The zero-order valence-electron chi connectivity index (χ0n) is 31.0. The second-order valence-corrected chi connectivity index (χ2v) is 16.9. The van der Waals surface area contributed by atoms with Gasteiger partial charge in [0.25, 0.3) is 10.0 Å². The summed E-state index contributed by atoms with van der Waals surface area (Å²) in [4.78, 5) is 35.6. The van der Waals surface area contributed by atoms with Gasteiger partial charge in [0.1, 0.15) is 24.0 Å². The van der Waals surface area contributed by atoms with E-state index >= 15 is 0 Å². The molecule has 0 bridgehead atoms. The number of aryl methyl sites for hydroxylation is 1. The molecular formula is C39H41ClF3N9O3S. The van der Waals surface area contributed by atoms with E-state index in [4.69, 9.17) is 21.6 Å². The molecule has 0 saturated carbocycles. The number of anilines is 2. The number of hydrogen-bond acceptors (Lipinski definition) is 10. The van der Waals surface area contributed by atoms with E-state index in [1.165, 1.54) is 6.92 Å². The lowest BCUT2D eigenvalue weighted by atomic mass is 10.00. The predicted molar refractivity (Wildman–Crippen MR) is 206 cm³/mol. The Morgan fingerprint density at radius 1 is 0.982 bits per heavy atom. The molecule has 5 aromatic rings. The van der Waals surface area contributed by atoms with E-state index in [-0.39, 0.29) is 23.2 Å². The molecule has 8 rings (SSSR count). The Bertz CT molecular complexity index is 2390. The quantitative estimate of drug-likeness (QED) is 0.181. The normalized spacial score (nSPS) is 19.5. The molecule has 0 N–H and O–H groups in total. The van der Waals surface area contributed by atoms with Crippen molar-refractivity contribution in [3.8, 4) is 0 Å². The number of rotatable bonds is 8. The summed E-state index contributed by atoms with van der Waals surface area (Å²) in [5, 5.41) is 7.09. The van der Waals surface area contributed by atoms with Crippen LogP contribution in [0.3, 0.4) is 0 Å². The molecule has 3 aliphatic rings. The highest BCUT2D eigenvalue weighted by Crippen LogP contribution is 2.39. The molecule has 12 nitrogen and oxygen atoms in total. The molecule has 2 aromatic heterocycles. The summed E-state index contributed by atoms with van der Waals surface area (Å²) < 4.78 is 67.4. The maximum atomic E-state index is 13.6. The molecule has 0 spiro atoms. The van der Waals surface area contributed by atoms with Gasteiger partial charge in [0.15, 0.2) is 5.82 Å². The summed E-state index contributed by atoms with van der Waals surface area (Å²) in [5.74, 6) is 1.39. The van der Waals surface area contributed by atoms with Gasteiger partial charge in [0.05, 0.1) is 27.7 Å². The number of halogens is 4. The van der Waals surface area contributed by atoms with Gasteiger partial charge in [-0.05, 0) is 81.1 Å². The zero-order valence-corrected chi connectivity index (χ0v) is 32.5. The average molecular weight is 808 g/mol. The number of fused-ring (bicyclic) bond motifs is 2. The van der Waals surface area contributed by atoms with Crippen LogP contribution < -0.4 is 9.80 Å². The fraction of sp³-hybridized carbons (Fsp3) is 0.410. The Hall–Kier alpha value is -4.80. The number of alkyl halides is 3. The number of carbonyl (C=O) groups is 1. The zero-order chi connectivity index (χ0) is 39.4. The van der Waals surface area contributed by atoms with Crippen molar-refractivity contribution in [3.05, 3.63) is 100 Å². The molecule has 1 unspecified atom stereocenters. The first-order valence-corrected chi connectivity index (χ1v) is 20.5. The van der Waals surface area contributed by atoms with Crippen LogP contribution in [0.5, 0.6) is 0 Å². The molecule has 3 aliphatic heterocycles. The van der Waals surface area contributed by atoms with E-state index in [1.54, 1.807) is 4.90 Å². The fourth-order valence-corrected chi connectivity index (χ4v) is 9.53. The van der Waals surface area contributed by atoms with Crippen LogP contribution in [0.15, 0.2) is 71.9 Å². The molecule has 5 heterocycles. The molecule has 0 aliphatic carbocycles. The van der Waals surface area contributed by atoms with Gasteiger partial charge in [-0.1, -0.05) is 35.9 Å². The van der Waals surface area contributed by atoms with E-state index in [9.17, 15) is 26.4 Å². The van der Waals surface area contributed by atoms with Crippen molar-refractivity contribution in [1.29, 1.82) is 0 Å². The van der Waals surface area contributed by atoms with Crippen molar-refractivity contribution in [2.45, 2.75) is 68.7 Å². The summed E-state index contributed by atoms with van der Waals surface area (Å²) in [7, 11) is -2.25. The van der Waals surface area contributed by atoms with Gasteiger partial charge >= 0.3 is 6.18 Å². The second kappa shape index (κ2) is 14.9. The molecule has 1 amide bonds. The van der Waals surface area contributed by atoms with Gasteiger partial charge in [0.2, 0.25) is 5.91 Å². The van der Waals surface area contributed by atoms with Crippen molar-refractivity contribution in [2.75, 3.05) is 49.6 Å². The molecule has 17 heteroatoms. The Kier molecular flexibility index (Phi) is 10.2. The van der Waals surface area contributed by atoms with Gasteiger partial charge in [-0.2, -0.15) is 21.6 Å². The minimum atomic E-state index is -4.62. The van der Waals surface area contributed by atoms with Gasteiger partial charge in [-0.25, -0.2) is 15.0 Å². The highest BCUT2D eigenvalue weighted by molar-refractivity contribution is 7.89. The lowest BCUT2D eigenvalue weighted by molar-refractivity contribution is -0.137. The summed E-state index contributed by atoms with van der Waals surface area (Å²) >= 11 is 6.76. The fourth-order valence-electron chi connectivity index (χ4n) is 8.19. The van der Waals surface area contributed by atoms with E-state index in [0.29, 0.717) is 65.8 Å². The van der Waals surface area contributed by atoms with Gasteiger partial charge in [-0.3, -0.25) is 4.79 Å². The van der Waals surface area contributed by atoms with Crippen LogP contribution in [-0.2, 0) is 40.4 Å². The van der Waals surface area contributed by atoms with Crippen LogP contribution in [0.2, 0.25) is 5.02 Å². The molecule has 3 aromatic carbocycles. The van der Waals surface area contributed by atoms with Gasteiger partial charge in [-0.15, -0.1) is 9.19 Å². The van der Waals surface area contributed by atoms with E-state index in [1.807, 2.05) is 30.3 Å². The predicted octanol–water partition coefficient (Wildman–Crippen LogP) is 6.13. The van der Waals surface area contributed by atoms with Gasteiger partial charge < -0.3 is 19.6 Å². The molecule has 294 valence electrons. The SMILES string of the molecule is CC(=O)N1CCN(c2nc(CC[C@@H]3CCCN3C)nc3c2CCN(c2cccc4cccc(Cl)c24)C3)C(c2ncn(S(=O)(=O)c3ccc(C(F)(F)F)cc3)n2)C1. The molecule has 2 fully saturated rings. The number of amides is 1. The summed E-state index contributed by atoms with van der Waals surface area (Å²) in [6.45, 7) is 4.66. The molecule has 2 saturated heterocycles. The standard InChI is InChI=1S/C39H41ClF3N9O3S/c1-25(53)49-20-21-51(34(23-49)37-44-24-52(47-37)56(54,55)29-14-11-27(12-15-29)39(41,42)43)38-30-17-19-50(33-10-4-7-26-6-3-9-31(40)36(26)33)22-32(30)45-35(46-38)16-13-28-8-5-18-48(28)2/h3-4,6-7,9-12,14-15,24,28,34H,5,8,13,16-23H2,1-2H3/t28-,34?/m0/s1. The number of aromatic nitrogens is 5. The summed E-state index contributed by atoms with van der Waals surface area (Å²) in [5.41, 5.74) is 1.90. The topological polar surface area (TPSA) is 121 Å². The minimum Gasteiger partial charge on any atom is -0.365 e. The Morgan fingerprint density at radius 2 is 1.75 bits per heavy atom. The van der Waals surface area contributed by atoms with E-state index in [0.717, 1.165) is 84.1 Å². The highest BCUT2D eigenvalue weighted by atomic mass is 35.5. The van der Waals surface area contributed by atoms with Gasteiger partial charge in [0, 0.05) is 62.2 Å². The first kappa shape index (κ1) is 38.1. The smallest absolute Gasteiger partial charge is 0.365 e. The van der Waals surface area contributed by atoms with Crippen LogP contribution in [0, 0.1) is 0 Å². The highest BCUT2D eigenvalue weighted by Gasteiger charge is 2.37. The molecule has 2 atom stereocenters. The van der Waals surface area contributed by atoms with E-state index in [2.05, 4.69) is 37.9 Å². The molecular weight excluding hydrogens is 767 g/mol. The van der Waals surface area contributed by atoms with Crippen LogP contribution in [0.4, 0.5) is 24.7 Å². The Labute approximate surface area is 327 Å². The largest absolute Gasteiger partial charge is 0.416 e. The number of likely N-dealkylation sites (tertiary alicyclic amines) is 1. The number of nitrogens with zero attached hydrogens (tertiary/aromatic N) is 9. The summed E-state index contributed by atoms with van der Waals surface area (Å²) in [6, 6.07) is 15.0. The maximum Gasteiger partial charge on any atom is 0.416 e. The van der Waals surface area contributed by atoms with Crippen LogP contribution in [-0.4, -0.2) is 94.1 Å². The average Bonchev–Trinajstić information content (AvgIpc) is 3.86. The van der Waals surface area contributed by atoms with Crippen LogP contribution >= 0.6 is 11.6 Å². The number of benzene rings is 3. The van der Waals surface area contributed by atoms with E-state index < -0.39 is 27.8 Å². The van der Waals surface area contributed by atoms with Crippen molar-refractivity contribution < 1.29 is 26.4 Å². The summed E-state index contributed by atoms with van der Waals surface area (Å²) in [6.07, 6.45) is 0.850. The molecule has 56 heavy (non-hydrogen) atoms. The van der Waals surface area contributed by atoms with Crippen LogP contribution in [0.1, 0.15) is 60.7 Å². The van der Waals surface area contributed by atoms with Crippen molar-refractivity contribution in [1.82, 2.24) is 33.9 Å². The van der Waals surface area contributed by atoms with Crippen LogP contribution in [0.25, 0.3) is 10.8 Å². The third-order valence-electron chi connectivity index (χ3n) is 11.2. The monoisotopic (exact) mass is 807 g/mol. The second-order valence-electron chi connectivity index (χ2n) is 14.7. The van der Waals surface area contributed by atoms with Crippen molar-refractivity contribution in [3.63, 3.8) is 0 Å². The third kappa shape index (κ3) is 7.29. The van der Waals surface area contributed by atoms with Crippen molar-refractivity contribution in [2.24, 2.45) is 0 Å². The third-order valence-corrected chi connectivity index (χ3v) is 13.1. The Balaban J connectivity index is 1.17. The lowest BCUT2D eigenvalue weighted by Gasteiger charge is -2.42. The number of piperazine rings is 1. The molecule has 0 radical (unpaired) electrons. The first-order valence-electron chi connectivity index (χ1n) is 18.7. The maximum absolute atomic E-state index is 13.6. The van der Waals surface area contributed by atoms with Crippen molar-refractivity contribution >= 4 is 49.8 Å². The first-order chi connectivity index (χ1) is 26.8. The Morgan fingerprint density at radius 3 is 2.46 bits per heavy atom.